The normalized spacial score (nSPS) is 16.3. The van der Waals surface area contributed by atoms with Gasteiger partial charge in [-0.15, -0.1) is 0 Å². The van der Waals surface area contributed by atoms with E-state index in [1.165, 1.54) is 12.1 Å². The van der Waals surface area contributed by atoms with Crippen LogP contribution in [0.15, 0.2) is 36.4 Å². The Morgan fingerprint density at radius 1 is 1.00 bits per heavy atom. The third-order valence-corrected chi connectivity index (χ3v) is 4.90. The monoisotopic (exact) mass is 382 g/mol. The van der Waals surface area contributed by atoms with Crippen LogP contribution in [0.3, 0.4) is 0 Å². The van der Waals surface area contributed by atoms with Crippen LogP contribution in [0, 0.1) is 23.3 Å². The van der Waals surface area contributed by atoms with E-state index in [1.807, 2.05) is 0 Å². The van der Waals surface area contributed by atoms with E-state index in [1.54, 1.807) is 19.1 Å². The van der Waals surface area contributed by atoms with Crippen LogP contribution in [-0.2, 0) is 4.79 Å². The fraction of sp³-hybridized carbons (Fsp3) is 0.316. The fourth-order valence-corrected chi connectivity index (χ4v) is 3.19. The SMILES string of the molecule is C[C@H](C(=O)Nc1ccc(F)c(F)c1F)[NH+]1CCN(c2ccc(F)cc2)CC1. The number of nitrogens with zero attached hydrogens (tertiary/aromatic N) is 1. The van der Waals surface area contributed by atoms with E-state index in [9.17, 15) is 22.4 Å². The van der Waals surface area contributed by atoms with Gasteiger partial charge in [0.1, 0.15) is 5.82 Å². The number of rotatable bonds is 4. The van der Waals surface area contributed by atoms with Crippen molar-refractivity contribution in [3.63, 3.8) is 0 Å². The van der Waals surface area contributed by atoms with Gasteiger partial charge in [-0.2, -0.15) is 0 Å². The summed E-state index contributed by atoms with van der Waals surface area (Å²) < 4.78 is 53.0. The van der Waals surface area contributed by atoms with Gasteiger partial charge in [0.05, 0.1) is 31.9 Å². The summed E-state index contributed by atoms with van der Waals surface area (Å²) in [5, 5.41) is 2.33. The van der Waals surface area contributed by atoms with Crippen molar-refractivity contribution in [3.8, 4) is 0 Å². The first kappa shape index (κ1) is 19.2. The molecule has 0 aromatic heterocycles. The zero-order valence-corrected chi connectivity index (χ0v) is 14.7. The second-order valence-electron chi connectivity index (χ2n) is 6.56. The lowest BCUT2D eigenvalue weighted by Gasteiger charge is -2.36. The molecule has 0 saturated carbocycles. The molecule has 1 amide bonds. The van der Waals surface area contributed by atoms with Gasteiger partial charge in [0.15, 0.2) is 23.5 Å². The van der Waals surface area contributed by atoms with Gasteiger partial charge >= 0.3 is 0 Å². The number of nitrogens with one attached hydrogen (secondary N) is 2. The van der Waals surface area contributed by atoms with E-state index in [0.717, 1.165) is 22.7 Å². The van der Waals surface area contributed by atoms with Crippen molar-refractivity contribution in [3.05, 3.63) is 59.7 Å². The van der Waals surface area contributed by atoms with Crippen molar-refractivity contribution >= 4 is 17.3 Å². The molecule has 1 aliphatic heterocycles. The molecule has 2 aromatic carbocycles. The highest BCUT2D eigenvalue weighted by Crippen LogP contribution is 2.19. The topological polar surface area (TPSA) is 36.8 Å². The highest BCUT2D eigenvalue weighted by Gasteiger charge is 2.30. The minimum Gasteiger partial charge on any atom is -0.360 e. The molecule has 27 heavy (non-hydrogen) atoms. The predicted molar refractivity (Wildman–Crippen MR) is 93.7 cm³/mol. The number of piperazine rings is 1. The molecule has 0 bridgehead atoms. The number of halogens is 4. The second kappa shape index (κ2) is 7.96. The maximum atomic E-state index is 13.7. The first-order valence-corrected chi connectivity index (χ1v) is 8.66. The molecule has 0 radical (unpaired) electrons. The van der Waals surface area contributed by atoms with E-state index < -0.39 is 29.4 Å². The summed E-state index contributed by atoms with van der Waals surface area (Å²) in [6.45, 7) is 4.38. The van der Waals surface area contributed by atoms with Crippen molar-refractivity contribution < 1.29 is 27.3 Å². The van der Waals surface area contributed by atoms with Crippen LogP contribution in [-0.4, -0.2) is 38.1 Å². The third-order valence-electron chi connectivity index (χ3n) is 4.90. The van der Waals surface area contributed by atoms with Gasteiger partial charge in [-0.1, -0.05) is 0 Å². The Morgan fingerprint density at radius 2 is 1.63 bits per heavy atom. The molecule has 2 aromatic rings. The van der Waals surface area contributed by atoms with Crippen molar-refractivity contribution in [2.24, 2.45) is 0 Å². The number of hydrogen-bond donors (Lipinski definition) is 2. The molecule has 1 aliphatic rings. The molecule has 0 spiro atoms. The Labute approximate surface area is 154 Å². The quantitative estimate of drug-likeness (QED) is 0.627. The molecule has 0 unspecified atom stereocenters. The van der Waals surface area contributed by atoms with Gasteiger partial charge < -0.3 is 15.1 Å². The average Bonchev–Trinajstić information content (AvgIpc) is 2.68. The summed E-state index contributed by atoms with van der Waals surface area (Å²) in [5.41, 5.74) is 0.534. The smallest absolute Gasteiger partial charge is 0.282 e. The molecule has 1 atom stereocenters. The summed E-state index contributed by atoms with van der Waals surface area (Å²) in [4.78, 5) is 15.5. The molecule has 8 heteroatoms. The van der Waals surface area contributed by atoms with Crippen molar-refractivity contribution in [1.29, 1.82) is 0 Å². The minimum atomic E-state index is -1.61. The Bertz CT molecular complexity index is 820. The van der Waals surface area contributed by atoms with Gasteiger partial charge in [0.2, 0.25) is 0 Å². The number of anilines is 2. The average molecular weight is 382 g/mol. The standard InChI is InChI=1S/C19H19F4N3O/c1-12(19(27)24-16-7-6-15(21)17(22)18(16)23)25-8-10-26(11-9-25)14-4-2-13(20)3-5-14/h2-7,12H,8-11H2,1H3,(H,24,27)/p+1/t12-/m1/s1. The maximum Gasteiger partial charge on any atom is 0.282 e. The molecule has 0 aliphatic carbocycles. The summed E-state index contributed by atoms with van der Waals surface area (Å²) in [6, 6.07) is 7.51. The Hall–Kier alpha value is -2.61. The van der Waals surface area contributed by atoms with Gasteiger partial charge in [0.25, 0.3) is 5.91 Å². The number of carbonyl (C=O) groups excluding carboxylic acids is 1. The molecule has 4 nitrogen and oxygen atoms in total. The van der Waals surface area contributed by atoms with Crippen LogP contribution < -0.4 is 15.1 Å². The molecule has 1 heterocycles. The molecule has 1 fully saturated rings. The number of hydrogen-bond acceptors (Lipinski definition) is 2. The molecular formula is C19H20F4N3O+. The molecule has 1 saturated heterocycles. The van der Waals surface area contributed by atoms with Crippen LogP contribution in [0.1, 0.15) is 6.92 Å². The Kier molecular flexibility index (Phi) is 5.65. The first-order chi connectivity index (χ1) is 12.9. The summed E-state index contributed by atoms with van der Waals surface area (Å²) in [6.07, 6.45) is 0. The van der Waals surface area contributed by atoms with E-state index in [-0.39, 0.29) is 11.5 Å². The maximum absolute atomic E-state index is 13.7. The first-order valence-electron chi connectivity index (χ1n) is 8.66. The number of benzene rings is 2. The number of quaternary nitrogens is 1. The molecule has 2 N–H and O–H groups in total. The Morgan fingerprint density at radius 3 is 2.26 bits per heavy atom. The molecule has 3 rings (SSSR count). The number of carbonyl (C=O) groups is 1. The van der Waals surface area contributed by atoms with Gasteiger partial charge in [0, 0.05) is 5.69 Å². The highest BCUT2D eigenvalue weighted by molar-refractivity contribution is 5.93. The van der Waals surface area contributed by atoms with Gasteiger partial charge in [-0.05, 0) is 43.3 Å². The van der Waals surface area contributed by atoms with E-state index >= 15 is 0 Å². The van der Waals surface area contributed by atoms with Crippen molar-refractivity contribution in [2.75, 3.05) is 36.4 Å². The second-order valence-corrected chi connectivity index (χ2v) is 6.56. The lowest BCUT2D eigenvalue weighted by Crippen LogP contribution is -3.19. The summed E-state index contributed by atoms with van der Waals surface area (Å²) >= 11 is 0. The van der Waals surface area contributed by atoms with E-state index in [0.29, 0.717) is 26.2 Å². The Balaban J connectivity index is 1.58. The number of amides is 1. The highest BCUT2D eigenvalue weighted by atomic mass is 19.2. The minimum absolute atomic E-state index is 0.294. The van der Waals surface area contributed by atoms with Gasteiger partial charge in [-0.25, -0.2) is 17.6 Å². The zero-order chi connectivity index (χ0) is 19.6. The molecular weight excluding hydrogens is 362 g/mol. The largest absolute Gasteiger partial charge is 0.360 e. The predicted octanol–water partition coefficient (Wildman–Crippen LogP) is 1.98. The van der Waals surface area contributed by atoms with Crippen molar-refractivity contribution in [2.45, 2.75) is 13.0 Å². The zero-order valence-electron chi connectivity index (χ0n) is 14.7. The fourth-order valence-electron chi connectivity index (χ4n) is 3.19. The van der Waals surface area contributed by atoms with Crippen LogP contribution in [0.25, 0.3) is 0 Å². The summed E-state index contributed by atoms with van der Waals surface area (Å²) in [5.74, 6) is -5.09. The van der Waals surface area contributed by atoms with Crippen LogP contribution in [0.2, 0.25) is 0 Å². The molecule has 144 valence electrons. The van der Waals surface area contributed by atoms with Crippen LogP contribution in [0.4, 0.5) is 28.9 Å². The summed E-state index contributed by atoms with van der Waals surface area (Å²) in [7, 11) is 0. The van der Waals surface area contributed by atoms with Crippen molar-refractivity contribution in [1.82, 2.24) is 0 Å². The lowest BCUT2D eigenvalue weighted by molar-refractivity contribution is -0.914. The lowest BCUT2D eigenvalue weighted by atomic mass is 10.2. The van der Waals surface area contributed by atoms with Crippen LogP contribution >= 0.6 is 0 Å². The van der Waals surface area contributed by atoms with E-state index in [2.05, 4.69) is 10.2 Å². The van der Waals surface area contributed by atoms with Gasteiger partial charge in [-0.3, -0.25) is 4.79 Å². The third kappa shape index (κ3) is 4.21. The van der Waals surface area contributed by atoms with E-state index in [4.69, 9.17) is 0 Å². The van der Waals surface area contributed by atoms with Crippen LogP contribution in [0.5, 0.6) is 0 Å².